The lowest BCUT2D eigenvalue weighted by Gasteiger charge is -2.14. The van der Waals surface area contributed by atoms with E-state index in [1.165, 1.54) is 18.4 Å². The van der Waals surface area contributed by atoms with E-state index >= 15 is 0 Å². The Morgan fingerprint density at radius 1 is 1.38 bits per heavy atom. The fraction of sp³-hybridized carbons (Fsp3) is 0.786. The number of hydrogen-bond acceptors (Lipinski definition) is 2. The van der Waals surface area contributed by atoms with Crippen molar-refractivity contribution in [2.24, 2.45) is 22.6 Å². The molecule has 2 N–H and O–H groups in total. The highest BCUT2D eigenvalue weighted by molar-refractivity contribution is 5.98. The molecule has 0 bridgehead atoms. The Labute approximate surface area is 101 Å². The molecule has 0 aliphatic heterocycles. The number of rotatable bonds is 7. The van der Waals surface area contributed by atoms with Crippen LogP contribution in [0.15, 0.2) is 16.6 Å². The van der Waals surface area contributed by atoms with Gasteiger partial charge < -0.3 is 5.73 Å². The molecule has 0 aromatic carbocycles. The molecule has 0 saturated heterocycles. The molecular weight excluding hydrogens is 196 g/mol. The number of aliphatic imine (C=N–C) groups is 1. The molecule has 0 spiro atoms. The first-order chi connectivity index (χ1) is 7.54. The Morgan fingerprint density at radius 2 is 2.00 bits per heavy atom. The van der Waals surface area contributed by atoms with Crippen molar-refractivity contribution in [3.8, 4) is 0 Å². The third-order valence-electron chi connectivity index (χ3n) is 3.17. The zero-order chi connectivity index (χ0) is 12.6. The normalized spacial score (nSPS) is 17.4. The van der Waals surface area contributed by atoms with E-state index in [-0.39, 0.29) is 0 Å². The molecule has 0 heterocycles. The number of nitrogens with zero attached hydrogens (tertiary/aromatic N) is 1. The molecule has 0 aromatic rings. The average Bonchev–Trinajstić information content (AvgIpc) is 2.27. The molecule has 0 aliphatic carbocycles. The smallest absolute Gasteiger partial charge is 0.0343 e. The van der Waals surface area contributed by atoms with Crippen molar-refractivity contribution in [3.63, 3.8) is 0 Å². The molecule has 0 saturated carbocycles. The van der Waals surface area contributed by atoms with Crippen molar-refractivity contribution in [1.82, 2.24) is 0 Å². The summed E-state index contributed by atoms with van der Waals surface area (Å²) in [6.07, 6.45) is 5.79. The minimum atomic E-state index is 0.619. The van der Waals surface area contributed by atoms with Crippen LogP contribution in [0.3, 0.4) is 0 Å². The number of allylic oxidation sites excluding steroid dienone is 1. The van der Waals surface area contributed by atoms with Crippen LogP contribution in [0, 0.1) is 11.8 Å². The van der Waals surface area contributed by atoms with Gasteiger partial charge in [0.1, 0.15) is 0 Å². The summed E-state index contributed by atoms with van der Waals surface area (Å²) in [7, 11) is 1.85. The number of hydrogen-bond donors (Lipinski definition) is 1. The molecular formula is C14H28N2. The van der Waals surface area contributed by atoms with Gasteiger partial charge in [0.05, 0.1) is 0 Å². The number of nitrogens with two attached hydrogens (primary N) is 1. The SMILES string of the molecule is CCC(C)CC(C)/C=C(/CCN)C(C)=NC. The van der Waals surface area contributed by atoms with E-state index in [0.29, 0.717) is 12.5 Å². The molecule has 0 fully saturated rings. The molecule has 0 radical (unpaired) electrons. The summed E-state index contributed by atoms with van der Waals surface area (Å²) >= 11 is 0. The molecule has 2 atom stereocenters. The van der Waals surface area contributed by atoms with E-state index in [2.05, 4.69) is 38.8 Å². The molecule has 0 aromatic heterocycles. The van der Waals surface area contributed by atoms with E-state index < -0.39 is 0 Å². The summed E-state index contributed by atoms with van der Waals surface area (Å²) in [5, 5.41) is 0. The van der Waals surface area contributed by atoms with Crippen LogP contribution in [0.1, 0.15) is 47.0 Å². The van der Waals surface area contributed by atoms with Gasteiger partial charge in [-0.25, -0.2) is 0 Å². The van der Waals surface area contributed by atoms with Gasteiger partial charge >= 0.3 is 0 Å². The maximum Gasteiger partial charge on any atom is 0.0343 e. The maximum absolute atomic E-state index is 5.63. The zero-order valence-corrected chi connectivity index (χ0v) is 11.6. The fourth-order valence-electron chi connectivity index (χ4n) is 1.90. The van der Waals surface area contributed by atoms with Crippen LogP contribution >= 0.6 is 0 Å². The highest BCUT2D eigenvalue weighted by Gasteiger charge is 2.07. The van der Waals surface area contributed by atoms with E-state index in [0.717, 1.165) is 18.1 Å². The minimum absolute atomic E-state index is 0.619. The van der Waals surface area contributed by atoms with Gasteiger partial charge in [0.25, 0.3) is 0 Å². The van der Waals surface area contributed by atoms with Crippen molar-refractivity contribution in [1.29, 1.82) is 0 Å². The van der Waals surface area contributed by atoms with Crippen molar-refractivity contribution in [2.45, 2.75) is 47.0 Å². The summed E-state index contributed by atoms with van der Waals surface area (Å²) in [4.78, 5) is 4.25. The van der Waals surface area contributed by atoms with Gasteiger partial charge in [-0.1, -0.05) is 33.3 Å². The van der Waals surface area contributed by atoms with E-state index in [9.17, 15) is 0 Å². The molecule has 94 valence electrons. The molecule has 2 nitrogen and oxygen atoms in total. The van der Waals surface area contributed by atoms with Crippen LogP contribution in [-0.4, -0.2) is 19.3 Å². The predicted octanol–water partition coefficient (Wildman–Crippen LogP) is 3.42. The molecule has 0 rings (SSSR count). The standard InChI is InChI=1S/C14H28N2/c1-6-11(2)9-12(3)10-14(7-8-15)13(4)16-5/h10-12H,6-9,15H2,1-5H3/b14-10-,16-13?. The molecule has 2 unspecified atom stereocenters. The second kappa shape index (κ2) is 8.51. The van der Waals surface area contributed by atoms with Crippen LogP contribution < -0.4 is 5.73 Å². The summed E-state index contributed by atoms with van der Waals surface area (Å²) in [6, 6.07) is 0. The third-order valence-corrected chi connectivity index (χ3v) is 3.17. The molecule has 0 aliphatic rings. The Hall–Kier alpha value is -0.630. The Kier molecular flexibility index (Phi) is 8.18. The lowest BCUT2D eigenvalue weighted by atomic mass is 9.92. The second-order valence-electron chi connectivity index (χ2n) is 4.77. The molecule has 2 heteroatoms. The zero-order valence-electron chi connectivity index (χ0n) is 11.6. The lowest BCUT2D eigenvalue weighted by Crippen LogP contribution is -2.09. The van der Waals surface area contributed by atoms with Gasteiger partial charge in [-0.05, 0) is 43.7 Å². The minimum Gasteiger partial charge on any atom is -0.330 e. The van der Waals surface area contributed by atoms with Gasteiger partial charge in [-0.2, -0.15) is 0 Å². The third kappa shape index (κ3) is 6.06. The topological polar surface area (TPSA) is 38.4 Å². The Morgan fingerprint density at radius 3 is 2.44 bits per heavy atom. The fourth-order valence-corrected chi connectivity index (χ4v) is 1.90. The van der Waals surface area contributed by atoms with Gasteiger partial charge in [0.2, 0.25) is 0 Å². The monoisotopic (exact) mass is 224 g/mol. The predicted molar refractivity (Wildman–Crippen MR) is 74.0 cm³/mol. The van der Waals surface area contributed by atoms with Crippen LogP contribution in [0.4, 0.5) is 0 Å². The van der Waals surface area contributed by atoms with Crippen molar-refractivity contribution in [2.75, 3.05) is 13.6 Å². The highest BCUT2D eigenvalue weighted by Crippen LogP contribution is 2.18. The Bertz CT molecular complexity index is 241. The first-order valence-corrected chi connectivity index (χ1v) is 6.39. The summed E-state index contributed by atoms with van der Waals surface area (Å²) in [6.45, 7) is 9.62. The summed E-state index contributed by atoms with van der Waals surface area (Å²) < 4.78 is 0. The van der Waals surface area contributed by atoms with Crippen molar-refractivity contribution >= 4 is 5.71 Å². The lowest BCUT2D eigenvalue weighted by molar-refractivity contribution is 0.454. The largest absolute Gasteiger partial charge is 0.330 e. The van der Waals surface area contributed by atoms with Gasteiger partial charge in [0.15, 0.2) is 0 Å². The van der Waals surface area contributed by atoms with Gasteiger partial charge in [-0.15, -0.1) is 0 Å². The van der Waals surface area contributed by atoms with Gasteiger partial charge in [-0.3, -0.25) is 4.99 Å². The van der Waals surface area contributed by atoms with Crippen LogP contribution in [-0.2, 0) is 0 Å². The first kappa shape index (κ1) is 15.4. The quantitative estimate of drug-likeness (QED) is 0.661. The average molecular weight is 224 g/mol. The first-order valence-electron chi connectivity index (χ1n) is 6.39. The van der Waals surface area contributed by atoms with Gasteiger partial charge in [0, 0.05) is 12.8 Å². The Balaban J connectivity index is 4.52. The second-order valence-corrected chi connectivity index (χ2v) is 4.77. The van der Waals surface area contributed by atoms with Crippen molar-refractivity contribution in [3.05, 3.63) is 11.6 Å². The van der Waals surface area contributed by atoms with E-state index in [4.69, 9.17) is 5.73 Å². The van der Waals surface area contributed by atoms with E-state index in [1.807, 2.05) is 7.05 Å². The summed E-state index contributed by atoms with van der Waals surface area (Å²) in [5.41, 5.74) is 8.08. The van der Waals surface area contributed by atoms with Crippen LogP contribution in [0.5, 0.6) is 0 Å². The molecule has 16 heavy (non-hydrogen) atoms. The summed E-state index contributed by atoms with van der Waals surface area (Å²) in [5.74, 6) is 1.41. The van der Waals surface area contributed by atoms with Crippen LogP contribution in [0.25, 0.3) is 0 Å². The van der Waals surface area contributed by atoms with Crippen LogP contribution in [0.2, 0.25) is 0 Å². The van der Waals surface area contributed by atoms with E-state index in [1.54, 1.807) is 0 Å². The molecule has 0 amide bonds. The highest BCUT2D eigenvalue weighted by atomic mass is 14.7. The maximum atomic E-state index is 5.63. The van der Waals surface area contributed by atoms with Crippen molar-refractivity contribution < 1.29 is 0 Å².